The molecule has 0 aromatic heterocycles. The van der Waals surface area contributed by atoms with Crippen LogP contribution in [-0.2, 0) is 21.7 Å². The number of benzene rings is 1. The Hall–Kier alpha value is -1.71. The summed E-state index contributed by atoms with van der Waals surface area (Å²) in [6.07, 6.45) is 4.70. The lowest BCUT2D eigenvalue weighted by atomic mass is 10.0. The molecule has 1 N–H and O–H groups in total. The highest BCUT2D eigenvalue weighted by Crippen LogP contribution is 2.53. The van der Waals surface area contributed by atoms with E-state index in [4.69, 9.17) is 14.2 Å². The molecule has 0 amide bonds. The molecule has 0 spiro atoms. The lowest BCUT2D eigenvalue weighted by molar-refractivity contribution is -0.166. The summed E-state index contributed by atoms with van der Waals surface area (Å²) in [7, 11) is 0. The Labute approximate surface area is 180 Å². The van der Waals surface area contributed by atoms with Crippen molar-refractivity contribution in [1.29, 1.82) is 0 Å². The average molecular weight is 444 g/mol. The van der Waals surface area contributed by atoms with E-state index in [1.54, 1.807) is 0 Å². The molecule has 31 heavy (non-hydrogen) atoms. The molecule has 1 saturated heterocycles. The number of halogens is 3. The molecule has 0 aliphatic carbocycles. The van der Waals surface area contributed by atoms with Crippen molar-refractivity contribution in [3.05, 3.63) is 29.3 Å². The van der Waals surface area contributed by atoms with Crippen LogP contribution < -0.4 is 4.74 Å². The van der Waals surface area contributed by atoms with Crippen LogP contribution in [-0.4, -0.2) is 37.4 Å². The quantitative estimate of drug-likeness (QED) is 0.401. The smallest absolute Gasteiger partial charge is 0.442 e. The highest BCUT2D eigenvalue weighted by Gasteiger charge is 2.65. The van der Waals surface area contributed by atoms with E-state index in [0.29, 0.717) is 12.2 Å². The standard InChI is InChI=1S/C22H31F3N2O4/c23-22(24,25)21(26-27-21)18-11-10-17(16-28)19(15-18)29-12-6-3-1-2-4-7-13-30-20-9-5-8-14-31-20/h10-11,15,20,28H,1-9,12-14,16H2. The number of unbranched alkanes of at least 4 members (excludes halogenated alkanes) is 5. The van der Waals surface area contributed by atoms with E-state index in [1.807, 2.05) is 0 Å². The molecule has 2 aliphatic rings. The predicted octanol–water partition coefficient (Wildman–Crippen LogP) is 5.62. The summed E-state index contributed by atoms with van der Waals surface area (Å²) in [6, 6.07) is 4.01. The minimum atomic E-state index is -4.58. The SMILES string of the molecule is OCc1ccc(C2(C(F)(F)F)N=N2)cc1OCCCCCCCCOC1CCCCO1. The number of nitrogens with zero attached hydrogens (tertiary/aromatic N) is 2. The number of rotatable bonds is 13. The third-order valence-electron chi connectivity index (χ3n) is 5.57. The Morgan fingerprint density at radius 1 is 1.03 bits per heavy atom. The van der Waals surface area contributed by atoms with Gasteiger partial charge in [0.05, 0.1) is 13.2 Å². The number of alkyl halides is 3. The molecule has 2 heterocycles. The van der Waals surface area contributed by atoms with Gasteiger partial charge in [0.15, 0.2) is 6.29 Å². The van der Waals surface area contributed by atoms with E-state index in [-0.39, 0.29) is 24.2 Å². The van der Waals surface area contributed by atoms with E-state index >= 15 is 0 Å². The molecule has 0 bridgehead atoms. The first-order valence-corrected chi connectivity index (χ1v) is 11.1. The Kier molecular flexibility index (Phi) is 8.68. The van der Waals surface area contributed by atoms with Crippen LogP contribution in [0.2, 0.25) is 0 Å². The zero-order valence-electron chi connectivity index (χ0n) is 17.7. The first kappa shape index (κ1) is 23.9. The maximum atomic E-state index is 13.2. The topological polar surface area (TPSA) is 72.6 Å². The second-order valence-electron chi connectivity index (χ2n) is 7.99. The molecular formula is C22H31F3N2O4. The molecule has 2 aliphatic heterocycles. The van der Waals surface area contributed by atoms with Gasteiger partial charge >= 0.3 is 11.8 Å². The second kappa shape index (κ2) is 11.2. The Morgan fingerprint density at radius 3 is 2.35 bits per heavy atom. The van der Waals surface area contributed by atoms with Crippen LogP contribution in [0.15, 0.2) is 28.4 Å². The maximum absolute atomic E-state index is 13.2. The zero-order chi connectivity index (χ0) is 22.2. The van der Waals surface area contributed by atoms with Gasteiger partial charge in [-0.3, -0.25) is 0 Å². The van der Waals surface area contributed by atoms with Gasteiger partial charge in [0.25, 0.3) is 0 Å². The molecule has 174 valence electrons. The highest BCUT2D eigenvalue weighted by atomic mass is 19.4. The number of ether oxygens (including phenoxy) is 3. The van der Waals surface area contributed by atoms with Crippen molar-refractivity contribution >= 4 is 0 Å². The van der Waals surface area contributed by atoms with Crippen molar-refractivity contribution < 1.29 is 32.5 Å². The van der Waals surface area contributed by atoms with Crippen LogP contribution in [0.3, 0.4) is 0 Å². The first-order valence-electron chi connectivity index (χ1n) is 11.1. The zero-order valence-corrected chi connectivity index (χ0v) is 17.7. The van der Waals surface area contributed by atoms with Crippen LogP contribution in [0, 0.1) is 0 Å². The third-order valence-corrected chi connectivity index (χ3v) is 5.57. The summed E-state index contributed by atoms with van der Waals surface area (Å²) in [5.74, 6) is 0.253. The van der Waals surface area contributed by atoms with Gasteiger partial charge in [-0.1, -0.05) is 37.8 Å². The summed E-state index contributed by atoms with van der Waals surface area (Å²) in [5.41, 5.74) is -2.12. The third kappa shape index (κ3) is 6.63. The average Bonchev–Trinajstić information content (AvgIpc) is 3.58. The van der Waals surface area contributed by atoms with Crippen molar-refractivity contribution in [3.8, 4) is 5.75 Å². The van der Waals surface area contributed by atoms with E-state index in [2.05, 4.69) is 10.2 Å². The largest absolute Gasteiger partial charge is 0.493 e. The molecule has 1 aromatic rings. The van der Waals surface area contributed by atoms with Gasteiger partial charge in [0, 0.05) is 24.3 Å². The molecule has 1 fully saturated rings. The number of hydrogen-bond donors (Lipinski definition) is 1. The van der Waals surface area contributed by atoms with Gasteiger partial charge in [0.1, 0.15) is 5.75 Å². The molecule has 0 saturated carbocycles. The van der Waals surface area contributed by atoms with Crippen molar-refractivity contribution in [1.82, 2.24) is 0 Å². The molecule has 6 nitrogen and oxygen atoms in total. The minimum absolute atomic E-state index is 0.0264. The van der Waals surface area contributed by atoms with Gasteiger partial charge in [-0.15, -0.1) is 10.2 Å². The van der Waals surface area contributed by atoms with Crippen LogP contribution >= 0.6 is 0 Å². The maximum Gasteiger partial charge on any atom is 0.442 e. The van der Waals surface area contributed by atoms with Gasteiger partial charge < -0.3 is 19.3 Å². The van der Waals surface area contributed by atoms with Crippen molar-refractivity contribution in [2.45, 2.75) is 82.5 Å². The van der Waals surface area contributed by atoms with Gasteiger partial charge in [-0.25, -0.2) is 0 Å². The van der Waals surface area contributed by atoms with Crippen molar-refractivity contribution in [2.24, 2.45) is 10.2 Å². The summed E-state index contributed by atoms with van der Waals surface area (Å²) in [5, 5.41) is 15.9. The van der Waals surface area contributed by atoms with E-state index < -0.39 is 11.8 Å². The van der Waals surface area contributed by atoms with Crippen LogP contribution in [0.25, 0.3) is 0 Å². The Balaban J connectivity index is 1.30. The molecule has 9 heteroatoms. The summed E-state index contributed by atoms with van der Waals surface area (Å²) >= 11 is 0. The summed E-state index contributed by atoms with van der Waals surface area (Å²) < 4.78 is 56.5. The lowest BCUT2D eigenvalue weighted by Crippen LogP contribution is -2.30. The molecule has 1 aromatic carbocycles. The summed E-state index contributed by atoms with van der Waals surface area (Å²) in [6.45, 7) is 1.60. The van der Waals surface area contributed by atoms with Gasteiger partial charge in [-0.2, -0.15) is 13.2 Å². The van der Waals surface area contributed by atoms with Crippen LogP contribution in [0.5, 0.6) is 5.75 Å². The van der Waals surface area contributed by atoms with E-state index in [1.165, 1.54) is 24.6 Å². The first-order chi connectivity index (χ1) is 15.0. The molecule has 0 radical (unpaired) electrons. The van der Waals surface area contributed by atoms with E-state index in [0.717, 1.165) is 64.6 Å². The monoisotopic (exact) mass is 444 g/mol. The highest BCUT2D eigenvalue weighted by molar-refractivity contribution is 5.42. The fraction of sp³-hybridized carbons (Fsp3) is 0.727. The number of aliphatic hydroxyl groups is 1. The molecule has 1 unspecified atom stereocenters. The lowest BCUT2D eigenvalue weighted by Gasteiger charge is -2.22. The van der Waals surface area contributed by atoms with Gasteiger partial charge in [0.2, 0.25) is 0 Å². The van der Waals surface area contributed by atoms with Crippen LogP contribution in [0.1, 0.15) is 68.9 Å². The van der Waals surface area contributed by atoms with Crippen LogP contribution in [0.4, 0.5) is 13.2 Å². The van der Waals surface area contributed by atoms with Gasteiger partial charge in [-0.05, 0) is 38.2 Å². The molecule has 3 rings (SSSR count). The second-order valence-corrected chi connectivity index (χ2v) is 7.99. The predicted molar refractivity (Wildman–Crippen MR) is 108 cm³/mol. The Morgan fingerprint density at radius 2 is 1.74 bits per heavy atom. The fourth-order valence-corrected chi connectivity index (χ4v) is 3.63. The molecular weight excluding hydrogens is 413 g/mol. The minimum Gasteiger partial charge on any atom is -0.493 e. The fourth-order valence-electron chi connectivity index (χ4n) is 3.63. The number of aliphatic hydroxyl groups excluding tert-OH is 1. The number of hydrogen-bond acceptors (Lipinski definition) is 6. The molecule has 1 atom stereocenters. The normalized spacial score (nSPS) is 20.1. The van der Waals surface area contributed by atoms with E-state index in [9.17, 15) is 18.3 Å². The Bertz CT molecular complexity index is 715. The van der Waals surface area contributed by atoms with Crippen molar-refractivity contribution in [2.75, 3.05) is 19.8 Å². The summed E-state index contributed by atoms with van der Waals surface area (Å²) in [4.78, 5) is 0. The van der Waals surface area contributed by atoms with Crippen molar-refractivity contribution in [3.63, 3.8) is 0 Å².